The molecular formula is C27H40N6O3. The van der Waals surface area contributed by atoms with Crippen LogP contribution >= 0.6 is 0 Å². The normalized spacial score (nSPS) is 23.2. The molecule has 9 nitrogen and oxygen atoms in total. The average molecular weight is 497 g/mol. The number of urea groups is 1. The van der Waals surface area contributed by atoms with E-state index >= 15 is 0 Å². The van der Waals surface area contributed by atoms with Gasteiger partial charge in [0.2, 0.25) is 11.8 Å². The zero-order valence-corrected chi connectivity index (χ0v) is 21.2. The number of carbonyl (C=O) groups excluding carboxylic acids is 3. The maximum atomic E-state index is 13.0. The SMILES string of the molecule is N[C@@H](CC(=O)N1CCC(N2Cc3ccccc3NC2=O)CC1)C(=O)N1CCC(N2CCCCC2)CC1. The number of hydrogen-bond donors (Lipinski definition) is 2. The van der Waals surface area contributed by atoms with Crippen LogP contribution in [0.3, 0.4) is 0 Å². The van der Waals surface area contributed by atoms with Gasteiger partial charge in [-0.3, -0.25) is 9.59 Å². The molecule has 0 aromatic heterocycles. The minimum absolute atomic E-state index is 0.0487. The smallest absolute Gasteiger partial charge is 0.322 e. The highest BCUT2D eigenvalue weighted by atomic mass is 16.2. The van der Waals surface area contributed by atoms with Crippen molar-refractivity contribution >= 4 is 23.5 Å². The van der Waals surface area contributed by atoms with E-state index in [1.54, 1.807) is 0 Å². The van der Waals surface area contributed by atoms with Gasteiger partial charge in [0.05, 0.1) is 12.5 Å². The molecule has 196 valence electrons. The molecule has 0 unspecified atom stereocenters. The Morgan fingerprint density at radius 1 is 0.889 bits per heavy atom. The third-order valence-corrected chi connectivity index (χ3v) is 8.51. The maximum absolute atomic E-state index is 13.0. The van der Waals surface area contributed by atoms with Gasteiger partial charge in [0.25, 0.3) is 0 Å². The summed E-state index contributed by atoms with van der Waals surface area (Å²) in [4.78, 5) is 46.7. The summed E-state index contributed by atoms with van der Waals surface area (Å²) in [5, 5.41) is 2.98. The Labute approximate surface area is 213 Å². The van der Waals surface area contributed by atoms with Crippen molar-refractivity contribution in [1.82, 2.24) is 19.6 Å². The van der Waals surface area contributed by atoms with Gasteiger partial charge in [-0.15, -0.1) is 0 Å². The number of likely N-dealkylation sites (tertiary alicyclic amines) is 3. The van der Waals surface area contributed by atoms with Gasteiger partial charge in [0, 0.05) is 50.5 Å². The highest BCUT2D eigenvalue weighted by Gasteiger charge is 2.34. The third-order valence-electron chi connectivity index (χ3n) is 8.51. The van der Waals surface area contributed by atoms with Gasteiger partial charge in [0.1, 0.15) is 0 Å². The Bertz CT molecular complexity index is 949. The molecule has 0 radical (unpaired) electrons. The summed E-state index contributed by atoms with van der Waals surface area (Å²) in [5.41, 5.74) is 8.22. The van der Waals surface area contributed by atoms with E-state index in [2.05, 4.69) is 10.2 Å². The standard InChI is InChI=1S/C27H40N6O3/c28-23(26(35)32-16-8-21(9-17-32)30-12-4-1-5-13-30)18-25(34)31-14-10-22(11-15-31)33-19-20-6-2-3-7-24(20)29-27(33)36/h2-3,6-7,21-23H,1,4-5,8-19,28H2,(H,29,36)/t23-/m0/s1. The number of fused-ring (bicyclic) bond motifs is 1. The van der Waals surface area contributed by atoms with Crippen LogP contribution in [0.2, 0.25) is 0 Å². The molecule has 1 atom stereocenters. The molecule has 0 spiro atoms. The lowest BCUT2D eigenvalue weighted by Crippen LogP contribution is -2.54. The van der Waals surface area contributed by atoms with Crippen LogP contribution in [-0.2, 0) is 16.1 Å². The molecule has 5 rings (SSSR count). The van der Waals surface area contributed by atoms with Crippen molar-refractivity contribution in [2.24, 2.45) is 5.73 Å². The number of nitrogens with one attached hydrogen (secondary N) is 1. The van der Waals surface area contributed by atoms with E-state index < -0.39 is 6.04 Å². The summed E-state index contributed by atoms with van der Waals surface area (Å²) in [6.45, 7) is 5.57. The van der Waals surface area contributed by atoms with E-state index in [4.69, 9.17) is 5.73 Å². The quantitative estimate of drug-likeness (QED) is 0.651. The van der Waals surface area contributed by atoms with Crippen LogP contribution in [0.25, 0.3) is 0 Å². The highest BCUT2D eigenvalue weighted by Crippen LogP contribution is 2.28. The van der Waals surface area contributed by atoms with Crippen molar-refractivity contribution in [2.75, 3.05) is 44.6 Å². The molecule has 1 aromatic rings. The van der Waals surface area contributed by atoms with Gasteiger partial charge >= 0.3 is 6.03 Å². The zero-order chi connectivity index (χ0) is 25.1. The van der Waals surface area contributed by atoms with Gasteiger partial charge in [-0.2, -0.15) is 0 Å². The number of rotatable bonds is 5. The van der Waals surface area contributed by atoms with Crippen LogP contribution in [0.15, 0.2) is 24.3 Å². The summed E-state index contributed by atoms with van der Waals surface area (Å²) < 4.78 is 0. The number of carbonyl (C=O) groups is 3. The van der Waals surface area contributed by atoms with Gasteiger partial charge < -0.3 is 30.7 Å². The van der Waals surface area contributed by atoms with Crippen molar-refractivity contribution in [2.45, 2.75) is 76.0 Å². The van der Waals surface area contributed by atoms with E-state index in [-0.39, 0.29) is 30.3 Å². The first-order chi connectivity index (χ1) is 17.5. The number of hydrogen-bond acceptors (Lipinski definition) is 5. The predicted molar refractivity (Wildman–Crippen MR) is 138 cm³/mol. The average Bonchev–Trinajstić information content (AvgIpc) is 2.93. The van der Waals surface area contributed by atoms with Crippen molar-refractivity contribution in [3.8, 4) is 0 Å². The molecule has 4 aliphatic rings. The summed E-state index contributed by atoms with van der Waals surface area (Å²) in [7, 11) is 0. The molecule has 0 bridgehead atoms. The third kappa shape index (κ3) is 5.52. The summed E-state index contributed by atoms with van der Waals surface area (Å²) >= 11 is 0. The van der Waals surface area contributed by atoms with Crippen LogP contribution < -0.4 is 11.1 Å². The molecule has 0 saturated carbocycles. The lowest BCUT2D eigenvalue weighted by Gasteiger charge is -2.41. The Kier molecular flexibility index (Phi) is 7.76. The fraction of sp³-hybridized carbons (Fsp3) is 0.667. The molecule has 3 N–H and O–H groups in total. The molecule has 9 heteroatoms. The number of benzene rings is 1. The monoisotopic (exact) mass is 496 g/mol. The van der Waals surface area contributed by atoms with Gasteiger partial charge in [-0.05, 0) is 63.2 Å². The Morgan fingerprint density at radius 2 is 1.53 bits per heavy atom. The Morgan fingerprint density at radius 3 is 2.25 bits per heavy atom. The van der Waals surface area contributed by atoms with Gasteiger partial charge in [-0.1, -0.05) is 24.6 Å². The number of nitrogens with zero attached hydrogens (tertiary/aromatic N) is 4. The van der Waals surface area contributed by atoms with Crippen LogP contribution in [0, 0.1) is 0 Å². The second kappa shape index (κ2) is 11.2. The maximum Gasteiger partial charge on any atom is 0.322 e. The van der Waals surface area contributed by atoms with Crippen molar-refractivity contribution in [1.29, 1.82) is 0 Å². The number of nitrogens with two attached hydrogens (primary N) is 1. The molecule has 4 aliphatic heterocycles. The van der Waals surface area contributed by atoms with Gasteiger partial charge in [0.15, 0.2) is 0 Å². The Hall–Kier alpha value is -2.65. The van der Waals surface area contributed by atoms with Crippen molar-refractivity contribution in [3.63, 3.8) is 0 Å². The fourth-order valence-electron chi connectivity index (χ4n) is 6.32. The first-order valence-electron chi connectivity index (χ1n) is 13.7. The molecule has 1 aromatic carbocycles. The molecule has 4 amide bonds. The largest absolute Gasteiger partial charge is 0.342 e. The second-order valence-corrected chi connectivity index (χ2v) is 10.8. The minimum Gasteiger partial charge on any atom is -0.342 e. The first kappa shape index (κ1) is 25.0. The first-order valence-corrected chi connectivity index (χ1v) is 13.7. The lowest BCUT2D eigenvalue weighted by molar-refractivity contribution is -0.140. The van der Waals surface area contributed by atoms with Crippen molar-refractivity contribution in [3.05, 3.63) is 29.8 Å². The minimum atomic E-state index is -0.786. The second-order valence-electron chi connectivity index (χ2n) is 10.8. The summed E-state index contributed by atoms with van der Waals surface area (Å²) in [6, 6.07) is 7.68. The highest BCUT2D eigenvalue weighted by molar-refractivity contribution is 5.92. The van der Waals surface area contributed by atoms with Crippen LogP contribution in [0.1, 0.15) is 56.9 Å². The number of anilines is 1. The molecule has 0 aliphatic carbocycles. The zero-order valence-electron chi connectivity index (χ0n) is 21.2. The fourth-order valence-corrected chi connectivity index (χ4v) is 6.32. The number of piperidine rings is 3. The van der Waals surface area contributed by atoms with Crippen molar-refractivity contribution < 1.29 is 14.4 Å². The van der Waals surface area contributed by atoms with E-state index in [1.165, 1.54) is 32.4 Å². The van der Waals surface area contributed by atoms with Crippen LogP contribution in [0.5, 0.6) is 0 Å². The molecular weight excluding hydrogens is 456 g/mol. The number of para-hydroxylation sites is 1. The molecule has 36 heavy (non-hydrogen) atoms. The summed E-state index contributed by atoms with van der Waals surface area (Å²) in [5.74, 6) is -0.162. The van der Waals surface area contributed by atoms with E-state index in [0.29, 0.717) is 25.7 Å². The molecule has 3 saturated heterocycles. The van der Waals surface area contributed by atoms with E-state index in [1.807, 2.05) is 39.0 Å². The molecule has 4 heterocycles. The summed E-state index contributed by atoms with van der Waals surface area (Å²) in [6.07, 6.45) is 7.39. The Balaban J connectivity index is 1.06. The predicted octanol–water partition coefficient (Wildman–Crippen LogP) is 2.22. The van der Waals surface area contributed by atoms with Crippen LogP contribution in [-0.4, -0.2) is 94.8 Å². The van der Waals surface area contributed by atoms with Crippen LogP contribution in [0.4, 0.5) is 10.5 Å². The van der Waals surface area contributed by atoms with Gasteiger partial charge in [-0.25, -0.2) is 4.79 Å². The topological polar surface area (TPSA) is 102 Å². The van der Waals surface area contributed by atoms with E-state index in [9.17, 15) is 14.4 Å². The molecule has 3 fully saturated rings. The lowest BCUT2D eigenvalue weighted by atomic mass is 9.98. The number of amides is 4. The van der Waals surface area contributed by atoms with E-state index in [0.717, 1.165) is 50.0 Å².